The van der Waals surface area contributed by atoms with Gasteiger partial charge in [0, 0.05) is 12.7 Å². The highest BCUT2D eigenvalue weighted by Gasteiger charge is 2.18. The van der Waals surface area contributed by atoms with Gasteiger partial charge in [0.2, 0.25) is 0 Å². The maximum atomic E-state index is 10.6. The molecule has 102 valence electrons. The summed E-state index contributed by atoms with van der Waals surface area (Å²) in [5.41, 5.74) is 5.81. The van der Waals surface area contributed by atoms with Gasteiger partial charge in [-0.05, 0) is 13.0 Å². The molecule has 0 saturated heterocycles. The van der Waals surface area contributed by atoms with Crippen LogP contribution in [0.3, 0.4) is 0 Å². The molecule has 0 aliphatic heterocycles. The molecule has 0 saturated carbocycles. The average molecular weight is 284 g/mol. The lowest BCUT2D eigenvalue weighted by Crippen LogP contribution is -2.18. The Morgan fingerprint density at radius 3 is 3.05 bits per heavy atom. The van der Waals surface area contributed by atoms with E-state index in [1.54, 1.807) is 6.07 Å². The van der Waals surface area contributed by atoms with Crippen molar-refractivity contribution in [2.45, 2.75) is 13.0 Å². The van der Waals surface area contributed by atoms with E-state index < -0.39 is 11.0 Å². The molecule has 19 heavy (non-hydrogen) atoms. The molecule has 0 aliphatic carbocycles. The summed E-state index contributed by atoms with van der Waals surface area (Å²) in [5.74, 6) is 0.541. The van der Waals surface area contributed by atoms with Crippen LogP contribution in [0.5, 0.6) is 0 Å². The fourth-order valence-corrected chi connectivity index (χ4v) is 2.09. The number of nitrogens with zero attached hydrogens (tertiary/aromatic N) is 3. The van der Waals surface area contributed by atoms with Crippen LogP contribution in [0.4, 0.5) is 5.00 Å². The van der Waals surface area contributed by atoms with Gasteiger partial charge in [-0.1, -0.05) is 16.5 Å². The lowest BCUT2D eigenvalue weighted by atomic mass is 10.3. The second-order valence-electron chi connectivity index (χ2n) is 3.62. The van der Waals surface area contributed by atoms with Gasteiger partial charge in [0.15, 0.2) is 5.82 Å². The van der Waals surface area contributed by atoms with Crippen LogP contribution in [-0.4, -0.2) is 28.3 Å². The summed E-state index contributed by atoms with van der Waals surface area (Å²) < 4.78 is 10.2. The topological polar surface area (TPSA) is 117 Å². The van der Waals surface area contributed by atoms with Crippen molar-refractivity contribution in [3.63, 3.8) is 0 Å². The molecule has 1 unspecified atom stereocenters. The number of nitro groups is 1. The molecule has 0 bridgehead atoms. The number of rotatable bonds is 6. The molecule has 2 rings (SSSR count). The predicted octanol–water partition coefficient (Wildman–Crippen LogP) is 1.74. The van der Waals surface area contributed by atoms with Crippen LogP contribution in [0.1, 0.15) is 18.8 Å². The Kier molecular flexibility index (Phi) is 4.20. The Labute approximate surface area is 112 Å². The summed E-state index contributed by atoms with van der Waals surface area (Å²) in [7, 11) is 0. The molecule has 1 atom stereocenters. The SMILES string of the molecule is CCOCC(N)c1noc(-c2ccc([N+](=O)[O-])s2)n1. The molecule has 2 aromatic rings. The third-order valence-corrected chi connectivity index (χ3v) is 3.28. The van der Waals surface area contributed by atoms with Crippen molar-refractivity contribution < 1.29 is 14.2 Å². The zero-order chi connectivity index (χ0) is 13.8. The highest BCUT2D eigenvalue weighted by atomic mass is 32.1. The molecule has 2 aromatic heterocycles. The summed E-state index contributed by atoms with van der Waals surface area (Å²) in [4.78, 5) is 14.8. The quantitative estimate of drug-likeness (QED) is 0.634. The first-order valence-electron chi connectivity index (χ1n) is 5.53. The lowest BCUT2D eigenvalue weighted by Gasteiger charge is -2.05. The van der Waals surface area contributed by atoms with Crippen molar-refractivity contribution in [2.75, 3.05) is 13.2 Å². The second kappa shape index (κ2) is 5.87. The van der Waals surface area contributed by atoms with Gasteiger partial charge in [0.25, 0.3) is 5.89 Å². The van der Waals surface area contributed by atoms with Gasteiger partial charge in [0.05, 0.1) is 22.4 Å². The van der Waals surface area contributed by atoms with E-state index in [2.05, 4.69) is 10.1 Å². The molecule has 2 heterocycles. The van der Waals surface area contributed by atoms with E-state index in [9.17, 15) is 10.1 Å². The van der Waals surface area contributed by atoms with Crippen molar-refractivity contribution in [3.8, 4) is 10.8 Å². The van der Waals surface area contributed by atoms with Crippen molar-refractivity contribution >= 4 is 16.3 Å². The molecule has 0 aliphatic rings. The van der Waals surface area contributed by atoms with Crippen LogP contribution >= 0.6 is 11.3 Å². The molecular weight excluding hydrogens is 272 g/mol. The Balaban J connectivity index is 2.13. The number of ether oxygens (including phenoxy) is 1. The van der Waals surface area contributed by atoms with Crippen LogP contribution in [-0.2, 0) is 4.74 Å². The normalized spacial score (nSPS) is 12.5. The maximum absolute atomic E-state index is 10.6. The minimum atomic E-state index is -0.479. The summed E-state index contributed by atoms with van der Waals surface area (Å²) in [5, 5.41) is 14.4. The third-order valence-electron chi connectivity index (χ3n) is 2.26. The monoisotopic (exact) mass is 284 g/mol. The lowest BCUT2D eigenvalue weighted by molar-refractivity contribution is -0.380. The summed E-state index contributed by atoms with van der Waals surface area (Å²) in [6.45, 7) is 2.70. The van der Waals surface area contributed by atoms with E-state index in [0.29, 0.717) is 23.9 Å². The van der Waals surface area contributed by atoms with Crippen molar-refractivity contribution in [3.05, 3.63) is 28.1 Å². The largest absolute Gasteiger partial charge is 0.380 e. The van der Waals surface area contributed by atoms with E-state index in [0.717, 1.165) is 11.3 Å². The summed E-state index contributed by atoms with van der Waals surface area (Å²) in [6.07, 6.45) is 0. The zero-order valence-corrected chi connectivity index (χ0v) is 10.9. The molecule has 9 heteroatoms. The first kappa shape index (κ1) is 13.6. The molecule has 0 spiro atoms. The van der Waals surface area contributed by atoms with Crippen LogP contribution in [0, 0.1) is 10.1 Å². The molecule has 8 nitrogen and oxygen atoms in total. The molecule has 0 aromatic carbocycles. The molecule has 0 fully saturated rings. The van der Waals surface area contributed by atoms with E-state index in [-0.39, 0.29) is 10.9 Å². The summed E-state index contributed by atoms with van der Waals surface area (Å²) in [6, 6.07) is 2.48. The first-order valence-corrected chi connectivity index (χ1v) is 6.35. The smallest absolute Gasteiger partial charge is 0.324 e. The Bertz CT molecular complexity index is 567. The number of thiophene rings is 1. The van der Waals surface area contributed by atoms with Gasteiger partial charge in [-0.25, -0.2) is 0 Å². The fraction of sp³-hybridized carbons (Fsp3) is 0.400. The third kappa shape index (κ3) is 3.13. The Morgan fingerprint density at radius 2 is 2.42 bits per heavy atom. The number of hydrogen-bond acceptors (Lipinski definition) is 8. The maximum Gasteiger partial charge on any atom is 0.324 e. The van der Waals surface area contributed by atoms with Crippen LogP contribution in [0.25, 0.3) is 10.8 Å². The molecule has 0 amide bonds. The highest BCUT2D eigenvalue weighted by molar-refractivity contribution is 7.18. The van der Waals surface area contributed by atoms with Gasteiger partial charge < -0.3 is 15.0 Å². The molecule has 2 N–H and O–H groups in total. The van der Waals surface area contributed by atoms with Gasteiger partial charge in [-0.3, -0.25) is 10.1 Å². The fourth-order valence-electron chi connectivity index (χ4n) is 1.35. The first-order chi connectivity index (χ1) is 9.11. The highest BCUT2D eigenvalue weighted by Crippen LogP contribution is 2.31. The minimum absolute atomic E-state index is 0.0216. The van der Waals surface area contributed by atoms with Crippen LogP contribution in [0.2, 0.25) is 0 Å². The minimum Gasteiger partial charge on any atom is -0.380 e. The van der Waals surface area contributed by atoms with Crippen molar-refractivity contribution in [1.29, 1.82) is 0 Å². The number of aromatic nitrogens is 2. The Morgan fingerprint density at radius 1 is 1.63 bits per heavy atom. The average Bonchev–Trinajstić information content (AvgIpc) is 3.03. The Hall–Kier alpha value is -1.84. The second-order valence-corrected chi connectivity index (χ2v) is 4.68. The summed E-state index contributed by atoms with van der Waals surface area (Å²) >= 11 is 0.970. The standard InChI is InChI=1S/C10H12N4O4S/c1-2-17-5-6(11)9-12-10(18-13-9)7-3-4-8(19-7)14(15)16/h3-4,6H,2,5,11H2,1H3. The molecule has 0 radical (unpaired) electrons. The van der Waals surface area contributed by atoms with Gasteiger partial charge in [-0.15, -0.1) is 0 Å². The molecular formula is C10H12N4O4S. The van der Waals surface area contributed by atoms with Crippen molar-refractivity contribution in [2.24, 2.45) is 5.73 Å². The van der Waals surface area contributed by atoms with Crippen LogP contribution < -0.4 is 5.73 Å². The number of nitrogens with two attached hydrogens (primary N) is 1. The van der Waals surface area contributed by atoms with Crippen molar-refractivity contribution in [1.82, 2.24) is 10.1 Å². The van der Waals surface area contributed by atoms with Gasteiger partial charge in [-0.2, -0.15) is 4.98 Å². The van der Waals surface area contributed by atoms with Gasteiger partial charge in [0.1, 0.15) is 0 Å². The van der Waals surface area contributed by atoms with Crippen LogP contribution in [0.15, 0.2) is 16.7 Å². The van der Waals surface area contributed by atoms with E-state index >= 15 is 0 Å². The van der Waals surface area contributed by atoms with E-state index in [1.807, 2.05) is 6.92 Å². The van der Waals surface area contributed by atoms with E-state index in [4.69, 9.17) is 15.0 Å². The van der Waals surface area contributed by atoms with E-state index in [1.165, 1.54) is 6.07 Å². The zero-order valence-electron chi connectivity index (χ0n) is 10.1. The predicted molar refractivity (Wildman–Crippen MR) is 67.7 cm³/mol. The van der Waals surface area contributed by atoms with Gasteiger partial charge >= 0.3 is 5.00 Å². The number of hydrogen-bond donors (Lipinski definition) is 1.